The Kier molecular flexibility index (Phi) is 4.50. The van der Waals surface area contributed by atoms with Crippen molar-refractivity contribution in [3.63, 3.8) is 0 Å². The van der Waals surface area contributed by atoms with Crippen LogP contribution in [-0.2, 0) is 6.54 Å². The second kappa shape index (κ2) is 5.82. The molecule has 1 heterocycles. The molecule has 1 aliphatic heterocycles. The zero-order valence-electron chi connectivity index (χ0n) is 13.4. The Balaban J connectivity index is 2.07. The van der Waals surface area contributed by atoms with Crippen LogP contribution in [0.5, 0.6) is 0 Å². The summed E-state index contributed by atoms with van der Waals surface area (Å²) in [5.41, 5.74) is 2.99. The van der Waals surface area contributed by atoms with E-state index in [0.717, 1.165) is 37.3 Å². The molecule has 2 nitrogen and oxygen atoms in total. The summed E-state index contributed by atoms with van der Waals surface area (Å²) in [4.78, 5) is 2.47. The zero-order valence-corrected chi connectivity index (χ0v) is 13.4. The van der Waals surface area contributed by atoms with Gasteiger partial charge in [-0.3, -0.25) is 4.90 Å². The summed E-state index contributed by atoms with van der Waals surface area (Å²) in [5.74, 6) is -0.0679. The normalized spacial score (nSPS) is 21.2. The maximum Gasteiger partial charge on any atom is 0.129 e. The Morgan fingerprint density at radius 2 is 1.85 bits per heavy atom. The van der Waals surface area contributed by atoms with Crippen LogP contribution < -0.4 is 5.32 Å². The Bertz CT molecular complexity index is 453. The molecule has 0 aromatic heterocycles. The first-order chi connectivity index (χ1) is 9.27. The summed E-state index contributed by atoms with van der Waals surface area (Å²) in [7, 11) is 0. The highest BCUT2D eigenvalue weighted by Crippen LogP contribution is 2.23. The molecule has 2 rings (SSSR count). The van der Waals surface area contributed by atoms with Gasteiger partial charge in [0.1, 0.15) is 5.82 Å². The second-order valence-electron chi connectivity index (χ2n) is 7.15. The number of hydrogen-bond donors (Lipinski definition) is 1. The quantitative estimate of drug-likeness (QED) is 0.893. The van der Waals surface area contributed by atoms with E-state index >= 15 is 0 Å². The molecule has 112 valence electrons. The summed E-state index contributed by atoms with van der Waals surface area (Å²) in [6.45, 7) is 14.6. The summed E-state index contributed by atoms with van der Waals surface area (Å²) < 4.78 is 13.7. The van der Waals surface area contributed by atoms with E-state index in [1.807, 2.05) is 26.0 Å². The highest BCUT2D eigenvalue weighted by atomic mass is 19.1. The van der Waals surface area contributed by atoms with E-state index in [0.29, 0.717) is 6.04 Å². The summed E-state index contributed by atoms with van der Waals surface area (Å²) in [6.07, 6.45) is 0. The minimum absolute atomic E-state index is 0.0679. The average molecular weight is 278 g/mol. The van der Waals surface area contributed by atoms with Gasteiger partial charge in [-0.15, -0.1) is 0 Å². The molecule has 0 spiro atoms. The van der Waals surface area contributed by atoms with E-state index in [1.54, 1.807) is 0 Å². The standard InChI is InChI=1S/C17H27FN2/c1-12-8-14(9-13(2)16(12)18)10-20-7-6-19-15(11-20)17(3,4)5/h8-9,15,19H,6-7,10-11H2,1-5H3. The predicted octanol–water partition coefficient (Wildman–Crippen LogP) is 3.26. The van der Waals surface area contributed by atoms with Crippen molar-refractivity contribution in [3.8, 4) is 0 Å². The number of nitrogens with one attached hydrogen (secondary N) is 1. The molecule has 1 aromatic carbocycles. The maximum absolute atomic E-state index is 13.7. The largest absolute Gasteiger partial charge is 0.311 e. The molecule has 3 heteroatoms. The number of benzene rings is 1. The highest BCUT2D eigenvalue weighted by molar-refractivity contribution is 5.30. The van der Waals surface area contributed by atoms with Crippen LogP contribution in [0.25, 0.3) is 0 Å². The van der Waals surface area contributed by atoms with E-state index in [4.69, 9.17) is 0 Å². The number of aryl methyl sites for hydroxylation is 2. The van der Waals surface area contributed by atoms with Crippen LogP contribution in [-0.4, -0.2) is 30.6 Å². The Labute approximate surface area is 122 Å². The fourth-order valence-corrected chi connectivity index (χ4v) is 2.92. The number of hydrogen-bond acceptors (Lipinski definition) is 2. The van der Waals surface area contributed by atoms with Gasteiger partial charge in [0, 0.05) is 32.2 Å². The van der Waals surface area contributed by atoms with Crippen LogP contribution in [0, 0.1) is 25.1 Å². The topological polar surface area (TPSA) is 15.3 Å². The van der Waals surface area contributed by atoms with Gasteiger partial charge in [0.15, 0.2) is 0 Å². The van der Waals surface area contributed by atoms with Crippen molar-refractivity contribution in [3.05, 3.63) is 34.6 Å². The van der Waals surface area contributed by atoms with E-state index in [9.17, 15) is 4.39 Å². The molecule has 1 fully saturated rings. The lowest BCUT2D eigenvalue weighted by Crippen LogP contribution is -2.55. The molecule has 0 aliphatic carbocycles. The van der Waals surface area contributed by atoms with E-state index in [-0.39, 0.29) is 11.2 Å². The third kappa shape index (κ3) is 3.58. The maximum atomic E-state index is 13.7. The third-order valence-electron chi connectivity index (χ3n) is 4.21. The molecular formula is C17H27FN2. The molecule has 1 saturated heterocycles. The van der Waals surface area contributed by atoms with Gasteiger partial charge in [-0.05, 0) is 36.0 Å². The van der Waals surface area contributed by atoms with Crippen LogP contribution in [0.3, 0.4) is 0 Å². The highest BCUT2D eigenvalue weighted by Gasteiger charge is 2.29. The molecular weight excluding hydrogens is 251 g/mol. The summed E-state index contributed by atoms with van der Waals surface area (Å²) in [5, 5.41) is 3.61. The van der Waals surface area contributed by atoms with Gasteiger partial charge in [0.05, 0.1) is 0 Å². The van der Waals surface area contributed by atoms with Crippen molar-refractivity contribution >= 4 is 0 Å². The molecule has 1 atom stereocenters. The Hall–Kier alpha value is -0.930. The van der Waals surface area contributed by atoms with Gasteiger partial charge >= 0.3 is 0 Å². The first kappa shape index (κ1) is 15.5. The first-order valence-electron chi connectivity index (χ1n) is 7.49. The predicted molar refractivity (Wildman–Crippen MR) is 82.4 cm³/mol. The summed E-state index contributed by atoms with van der Waals surface area (Å²) >= 11 is 0. The Morgan fingerprint density at radius 3 is 2.40 bits per heavy atom. The molecule has 20 heavy (non-hydrogen) atoms. The zero-order chi connectivity index (χ0) is 14.9. The SMILES string of the molecule is Cc1cc(CN2CCNC(C(C)(C)C)C2)cc(C)c1F. The van der Waals surface area contributed by atoms with Gasteiger partial charge < -0.3 is 5.32 Å². The van der Waals surface area contributed by atoms with Crippen molar-refractivity contribution in [2.24, 2.45) is 5.41 Å². The van der Waals surface area contributed by atoms with Gasteiger partial charge in [0.25, 0.3) is 0 Å². The van der Waals surface area contributed by atoms with Gasteiger partial charge in [-0.1, -0.05) is 32.9 Å². The molecule has 1 N–H and O–H groups in total. The van der Waals surface area contributed by atoms with E-state index in [2.05, 4.69) is 31.0 Å². The van der Waals surface area contributed by atoms with Crippen LogP contribution in [0.1, 0.15) is 37.5 Å². The smallest absolute Gasteiger partial charge is 0.129 e. The lowest BCUT2D eigenvalue weighted by Gasteiger charge is -2.40. The molecule has 1 aromatic rings. The van der Waals surface area contributed by atoms with Crippen LogP contribution in [0.4, 0.5) is 4.39 Å². The lowest BCUT2D eigenvalue weighted by molar-refractivity contribution is 0.129. The average Bonchev–Trinajstić information content (AvgIpc) is 2.35. The van der Waals surface area contributed by atoms with Crippen molar-refractivity contribution in [2.75, 3.05) is 19.6 Å². The Morgan fingerprint density at radius 1 is 1.25 bits per heavy atom. The fraction of sp³-hybridized carbons (Fsp3) is 0.647. The number of piperazine rings is 1. The number of nitrogens with zero attached hydrogens (tertiary/aromatic N) is 1. The van der Waals surface area contributed by atoms with E-state index in [1.165, 1.54) is 5.56 Å². The third-order valence-corrected chi connectivity index (χ3v) is 4.21. The van der Waals surface area contributed by atoms with Crippen LogP contribution in [0.15, 0.2) is 12.1 Å². The van der Waals surface area contributed by atoms with Crippen molar-refractivity contribution in [1.82, 2.24) is 10.2 Å². The molecule has 1 unspecified atom stereocenters. The van der Waals surface area contributed by atoms with Crippen molar-refractivity contribution in [1.29, 1.82) is 0 Å². The van der Waals surface area contributed by atoms with Gasteiger partial charge in [-0.2, -0.15) is 0 Å². The lowest BCUT2D eigenvalue weighted by atomic mass is 9.85. The monoisotopic (exact) mass is 278 g/mol. The fourth-order valence-electron chi connectivity index (χ4n) is 2.92. The van der Waals surface area contributed by atoms with Gasteiger partial charge in [0.2, 0.25) is 0 Å². The van der Waals surface area contributed by atoms with Crippen molar-refractivity contribution < 1.29 is 4.39 Å². The molecule has 1 aliphatic rings. The molecule has 0 saturated carbocycles. The van der Waals surface area contributed by atoms with Crippen LogP contribution >= 0.6 is 0 Å². The summed E-state index contributed by atoms with van der Waals surface area (Å²) in [6, 6.07) is 4.48. The second-order valence-corrected chi connectivity index (χ2v) is 7.15. The molecule has 0 radical (unpaired) electrons. The molecule has 0 amide bonds. The minimum atomic E-state index is -0.0679. The molecule has 0 bridgehead atoms. The first-order valence-corrected chi connectivity index (χ1v) is 7.49. The number of halogens is 1. The van der Waals surface area contributed by atoms with E-state index < -0.39 is 0 Å². The minimum Gasteiger partial charge on any atom is -0.311 e. The van der Waals surface area contributed by atoms with Crippen LogP contribution in [0.2, 0.25) is 0 Å². The number of rotatable bonds is 2. The van der Waals surface area contributed by atoms with Gasteiger partial charge in [-0.25, -0.2) is 4.39 Å². The van der Waals surface area contributed by atoms with Crippen molar-refractivity contribution in [2.45, 2.75) is 47.2 Å².